The Morgan fingerprint density at radius 2 is 1.73 bits per heavy atom. The van der Waals surface area contributed by atoms with Crippen molar-refractivity contribution in [3.8, 4) is 0 Å². The highest BCUT2D eigenvalue weighted by atomic mass is 16.2. The van der Waals surface area contributed by atoms with Gasteiger partial charge in [0.1, 0.15) is 0 Å². The van der Waals surface area contributed by atoms with Crippen molar-refractivity contribution in [2.24, 2.45) is 11.3 Å². The molecule has 2 saturated heterocycles. The zero-order valence-corrected chi connectivity index (χ0v) is 10.1. The maximum absolute atomic E-state index is 12.1. The molecule has 0 aromatic rings. The van der Waals surface area contributed by atoms with Gasteiger partial charge in [-0.1, -0.05) is 13.8 Å². The van der Waals surface area contributed by atoms with Gasteiger partial charge in [0.05, 0.1) is 0 Å². The van der Waals surface area contributed by atoms with E-state index in [1.165, 1.54) is 0 Å². The number of hydrogen-bond acceptors (Lipinski definition) is 2. The number of carbonyl (C=O) groups is 1. The van der Waals surface area contributed by atoms with E-state index in [0.717, 1.165) is 39.0 Å². The summed E-state index contributed by atoms with van der Waals surface area (Å²) < 4.78 is 0. The smallest absolute Gasteiger partial charge is 0.225 e. The van der Waals surface area contributed by atoms with Gasteiger partial charge in [-0.25, -0.2) is 0 Å². The molecule has 3 heteroatoms. The van der Waals surface area contributed by atoms with Crippen LogP contribution in [0.2, 0.25) is 0 Å². The Kier molecular flexibility index (Phi) is 2.75. The SMILES string of the molecule is CN1CCC(C(=O)N2CC(C)(C)C2)CC1. The van der Waals surface area contributed by atoms with Gasteiger partial charge in [0, 0.05) is 19.0 Å². The van der Waals surface area contributed by atoms with Crippen molar-refractivity contribution >= 4 is 5.91 Å². The van der Waals surface area contributed by atoms with E-state index in [9.17, 15) is 4.79 Å². The summed E-state index contributed by atoms with van der Waals surface area (Å²) in [5.41, 5.74) is 0.362. The van der Waals surface area contributed by atoms with Crippen molar-refractivity contribution in [3.05, 3.63) is 0 Å². The van der Waals surface area contributed by atoms with Crippen LogP contribution in [0.25, 0.3) is 0 Å². The molecule has 0 aromatic heterocycles. The third-order valence-electron chi connectivity index (χ3n) is 3.62. The number of amides is 1. The fraction of sp³-hybridized carbons (Fsp3) is 0.917. The molecule has 2 aliphatic heterocycles. The van der Waals surface area contributed by atoms with Gasteiger partial charge in [-0.05, 0) is 38.4 Å². The second-order valence-corrected chi connectivity index (χ2v) is 5.94. The lowest BCUT2D eigenvalue weighted by Gasteiger charge is -2.47. The van der Waals surface area contributed by atoms with Gasteiger partial charge in [0.2, 0.25) is 5.91 Å². The van der Waals surface area contributed by atoms with Crippen LogP contribution in [-0.4, -0.2) is 48.9 Å². The summed E-state index contributed by atoms with van der Waals surface area (Å²) in [7, 11) is 2.13. The van der Waals surface area contributed by atoms with Crippen LogP contribution in [0.5, 0.6) is 0 Å². The maximum Gasteiger partial charge on any atom is 0.225 e. The topological polar surface area (TPSA) is 23.6 Å². The first-order valence-corrected chi connectivity index (χ1v) is 5.95. The molecule has 2 rings (SSSR count). The van der Waals surface area contributed by atoms with Crippen molar-refractivity contribution in [1.82, 2.24) is 9.80 Å². The fourth-order valence-corrected chi connectivity index (χ4v) is 2.66. The number of piperidine rings is 1. The molecule has 2 heterocycles. The highest BCUT2D eigenvalue weighted by Crippen LogP contribution is 2.31. The Balaban J connectivity index is 1.82. The number of rotatable bonds is 1. The summed E-state index contributed by atoms with van der Waals surface area (Å²) >= 11 is 0. The van der Waals surface area contributed by atoms with Gasteiger partial charge in [-0.3, -0.25) is 4.79 Å². The van der Waals surface area contributed by atoms with Crippen molar-refractivity contribution < 1.29 is 4.79 Å². The van der Waals surface area contributed by atoms with E-state index in [2.05, 4.69) is 25.8 Å². The molecule has 0 spiro atoms. The van der Waals surface area contributed by atoms with Gasteiger partial charge in [0.15, 0.2) is 0 Å². The fourth-order valence-electron chi connectivity index (χ4n) is 2.66. The molecule has 0 saturated carbocycles. The summed E-state index contributed by atoms with van der Waals surface area (Å²) in [5, 5.41) is 0. The average molecular weight is 210 g/mol. The quantitative estimate of drug-likeness (QED) is 0.649. The van der Waals surface area contributed by atoms with Gasteiger partial charge in [0.25, 0.3) is 0 Å². The first-order valence-electron chi connectivity index (χ1n) is 5.95. The molecule has 0 unspecified atom stereocenters. The van der Waals surface area contributed by atoms with Crippen molar-refractivity contribution in [3.63, 3.8) is 0 Å². The average Bonchev–Trinajstić information content (AvgIpc) is 2.14. The van der Waals surface area contributed by atoms with E-state index in [1.807, 2.05) is 4.90 Å². The molecule has 0 bridgehead atoms. The Morgan fingerprint density at radius 3 is 2.20 bits per heavy atom. The predicted octanol–water partition coefficient (Wildman–Crippen LogP) is 1.20. The Labute approximate surface area is 92.4 Å². The molecule has 0 atom stereocenters. The molecule has 0 aliphatic carbocycles. The van der Waals surface area contributed by atoms with Crippen LogP contribution >= 0.6 is 0 Å². The van der Waals surface area contributed by atoms with Crippen LogP contribution in [0.15, 0.2) is 0 Å². The molecule has 2 fully saturated rings. The van der Waals surface area contributed by atoms with Crippen LogP contribution < -0.4 is 0 Å². The van der Waals surface area contributed by atoms with Crippen LogP contribution in [0.4, 0.5) is 0 Å². The minimum atomic E-state index is 0.303. The van der Waals surface area contributed by atoms with E-state index >= 15 is 0 Å². The third kappa shape index (κ3) is 2.33. The van der Waals surface area contributed by atoms with Crippen LogP contribution in [0.3, 0.4) is 0 Å². The van der Waals surface area contributed by atoms with Crippen LogP contribution in [0.1, 0.15) is 26.7 Å². The summed E-state index contributed by atoms with van der Waals surface area (Å²) in [5.74, 6) is 0.708. The minimum absolute atomic E-state index is 0.303. The zero-order valence-electron chi connectivity index (χ0n) is 10.1. The molecule has 15 heavy (non-hydrogen) atoms. The third-order valence-corrected chi connectivity index (χ3v) is 3.62. The summed E-state index contributed by atoms with van der Waals surface area (Å²) in [6.07, 6.45) is 2.10. The largest absolute Gasteiger partial charge is 0.341 e. The second-order valence-electron chi connectivity index (χ2n) is 5.94. The second kappa shape index (κ2) is 3.78. The molecule has 3 nitrogen and oxygen atoms in total. The molecule has 0 radical (unpaired) electrons. The van der Waals surface area contributed by atoms with Crippen LogP contribution in [-0.2, 0) is 4.79 Å². The highest BCUT2D eigenvalue weighted by Gasteiger charge is 2.39. The lowest BCUT2D eigenvalue weighted by atomic mass is 9.82. The highest BCUT2D eigenvalue weighted by molar-refractivity contribution is 5.79. The number of hydrogen-bond donors (Lipinski definition) is 0. The first-order chi connectivity index (χ1) is 6.98. The Hall–Kier alpha value is -0.570. The zero-order chi connectivity index (χ0) is 11.1. The Bertz CT molecular complexity index is 246. The van der Waals surface area contributed by atoms with E-state index in [-0.39, 0.29) is 0 Å². The van der Waals surface area contributed by atoms with Crippen molar-refractivity contribution in [2.75, 3.05) is 33.2 Å². The lowest BCUT2D eigenvalue weighted by molar-refractivity contribution is -0.147. The molecular formula is C12H22N2O. The standard InChI is InChI=1S/C12H22N2O/c1-12(2)8-14(9-12)11(15)10-4-6-13(3)7-5-10/h10H,4-9H2,1-3H3. The van der Waals surface area contributed by atoms with Gasteiger partial charge < -0.3 is 9.80 Å². The van der Waals surface area contributed by atoms with Gasteiger partial charge >= 0.3 is 0 Å². The number of likely N-dealkylation sites (tertiary alicyclic amines) is 2. The van der Waals surface area contributed by atoms with Gasteiger partial charge in [-0.2, -0.15) is 0 Å². The lowest BCUT2D eigenvalue weighted by Crippen LogP contribution is -2.57. The Morgan fingerprint density at radius 1 is 1.20 bits per heavy atom. The molecule has 2 aliphatic rings. The molecule has 0 aromatic carbocycles. The maximum atomic E-state index is 12.1. The molecule has 1 amide bonds. The molecular weight excluding hydrogens is 188 g/mol. The summed E-state index contributed by atoms with van der Waals surface area (Å²) in [6, 6.07) is 0. The van der Waals surface area contributed by atoms with E-state index in [4.69, 9.17) is 0 Å². The van der Waals surface area contributed by atoms with Crippen LogP contribution in [0, 0.1) is 11.3 Å². The van der Waals surface area contributed by atoms with E-state index < -0.39 is 0 Å². The molecule has 86 valence electrons. The minimum Gasteiger partial charge on any atom is -0.341 e. The normalized spacial score (nSPS) is 27.5. The number of nitrogens with zero attached hydrogens (tertiary/aromatic N) is 2. The van der Waals surface area contributed by atoms with Crippen molar-refractivity contribution in [2.45, 2.75) is 26.7 Å². The van der Waals surface area contributed by atoms with Gasteiger partial charge in [-0.15, -0.1) is 0 Å². The summed E-state index contributed by atoms with van der Waals surface area (Å²) in [6.45, 7) is 8.52. The van der Waals surface area contributed by atoms with E-state index in [0.29, 0.717) is 17.2 Å². The van der Waals surface area contributed by atoms with E-state index in [1.54, 1.807) is 0 Å². The summed E-state index contributed by atoms with van der Waals surface area (Å²) in [4.78, 5) is 16.4. The first kappa shape index (κ1) is 10.9. The molecule has 0 N–H and O–H groups in total. The van der Waals surface area contributed by atoms with Crippen molar-refractivity contribution in [1.29, 1.82) is 0 Å². The monoisotopic (exact) mass is 210 g/mol. The number of carbonyl (C=O) groups excluding carboxylic acids is 1. The predicted molar refractivity (Wildman–Crippen MR) is 60.6 cm³/mol.